The number of phenolic OH excluding ortho intramolecular Hbond substituents is 1. The Morgan fingerprint density at radius 2 is 1.87 bits per heavy atom. The Kier molecular flexibility index (Phi) is 8.06. The van der Waals surface area contributed by atoms with Crippen LogP contribution in [0.25, 0.3) is 22.2 Å². The van der Waals surface area contributed by atoms with Crippen molar-refractivity contribution in [3.63, 3.8) is 0 Å². The number of pyridine rings is 2. The number of benzene rings is 1. The Balaban J connectivity index is 0.938. The number of nitrogen functional groups attached to an aromatic ring is 2. The topological polar surface area (TPSA) is 212 Å². The van der Waals surface area contributed by atoms with E-state index in [1.54, 1.807) is 19.1 Å². The van der Waals surface area contributed by atoms with Gasteiger partial charge in [-0.25, -0.2) is 14.8 Å². The Morgan fingerprint density at radius 1 is 1.05 bits per heavy atom. The van der Waals surface area contributed by atoms with Crippen molar-refractivity contribution in [3.05, 3.63) is 92.7 Å². The van der Waals surface area contributed by atoms with Gasteiger partial charge in [0.1, 0.15) is 51.6 Å². The average Bonchev–Trinajstić information content (AvgIpc) is 3.41. The number of nitrogens with two attached hydrogens (primary N) is 2. The number of aromatic hydroxyl groups is 1. The van der Waals surface area contributed by atoms with Crippen LogP contribution in [0.5, 0.6) is 11.5 Å². The maximum atomic E-state index is 14.1. The van der Waals surface area contributed by atoms with Gasteiger partial charge in [0.25, 0.3) is 0 Å². The van der Waals surface area contributed by atoms with Crippen LogP contribution >= 0.6 is 0 Å². The van der Waals surface area contributed by atoms with E-state index in [1.165, 1.54) is 11.6 Å². The molecule has 284 valence electrons. The van der Waals surface area contributed by atoms with Crippen molar-refractivity contribution in [1.29, 1.82) is 0 Å². The number of phenols is 1. The number of hydrogen-bond donors (Lipinski definition) is 4. The summed E-state index contributed by atoms with van der Waals surface area (Å²) in [5, 5.41) is 22.2. The maximum Gasteiger partial charge on any atom is 0.341 e. The number of esters is 1. The number of ether oxygens (including phenoxy) is 3. The van der Waals surface area contributed by atoms with E-state index in [0.717, 1.165) is 29.1 Å². The highest BCUT2D eigenvalue weighted by molar-refractivity contribution is 5.88. The summed E-state index contributed by atoms with van der Waals surface area (Å²) in [4.78, 5) is 42.8. The predicted octanol–water partition coefficient (Wildman–Crippen LogP) is 4.44. The molecule has 0 unspecified atom stereocenters. The predicted molar refractivity (Wildman–Crippen MR) is 203 cm³/mol. The van der Waals surface area contributed by atoms with Gasteiger partial charge in [0.15, 0.2) is 11.0 Å². The number of hydrogen-bond acceptors (Lipinski definition) is 14. The Bertz CT molecular complexity index is 2440. The molecule has 5 aliphatic rings. The van der Waals surface area contributed by atoms with Crippen molar-refractivity contribution >= 4 is 34.8 Å². The minimum Gasteiger partial charge on any atom is -0.507 e. The van der Waals surface area contributed by atoms with E-state index in [0.29, 0.717) is 60.2 Å². The lowest BCUT2D eigenvalue weighted by Crippen LogP contribution is -2.54. The molecule has 0 saturated carbocycles. The minimum absolute atomic E-state index is 0.0330. The van der Waals surface area contributed by atoms with Gasteiger partial charge >= 0.3 is 5.97 Å². The van der Waals surface area contributed by atoms with Gasteiger partial charge in [-0.15, -0.1) is 0 Å². The standard InChI is InChI=1S/C41H42N6O8/c1-20-8-29(49)36-30(52-20)14-31-35(37(36)50)26-9-22(19-48)15-41(39(51)53-38(26)40(2,3)54-31)32(55-41)5-4-21-10-27(46-33(42)11-21)24-12-25(45-34(43)13-24)17-47-16-23-6-7-44-28(23)18-47/h6-8,10-14,18,22,26,32,38,48,50H,4-5,9,15-17,19H2,1-3H3,(H2,42,46)(H2,43,45)/t22-,26+,32+,38+,41-/m0/s1. The number of fused-ring (bicyclic) bond motifs is 5. The van der Waals surface area contributed by atoms with Gasteiger partial charge in [0, 0.05) is 60.3 Å². The van der Waals surface area contributed by atoms with Crippen molar-refractivity contribution in [3.8, 4) is 22.8 Å². The highest BCUT2D eigenvalue weighted by atomic mass is 16.7. The van der Waals surface area contributed by atoms with Crippen LogP contribution < -0.4 is 21.6 Å². The number of carbonyl (C=O) groups is 1. The number of nitrogens with zero attached hydrogens (tertiary/aromatic N) is 4. The highest BCUT2D eigenvalue weighted by Gasteiger charge is 2.66. The molecule has 8 heterocycles. The van der Waals surface area contributed by atoms with Crippen LogP contribution in [0.2, 0.25) is 0 Å². The zero-order valence-corrected chi connectivity index (χ0v) is 30.7. The van der Waals surface area contributed by atoms with E-state index in [1.807, 2.05) is 50.5 Å². The third-order valence-corrected chi connectivity index (χ3v) is 11.4. The Morgan fingerprint density at radius 3 is 2.67 bits per heavy atom. The lowest BCUT2D eigenvalue weighted by molar-refractivity contribution is -0.175. The monoisotopic (exact) mass is 746 g/mol. The van der Waals surface area contributed by atoms with Crippen LogP contribution in [0.4, 0.5) is 11.6 Å². The molecular weight excluding hydrogens is 704 g/mol. The summed E-state index contributed by atoms with van der Waals surface area (Å²) < 4.78 is 24.6. The molecule has 9 rings (SSSR count). The zero-order chi connectivity index (χ0) is 38.4. The van der Waals surface area contributed by atoms with E-state index in [2.05, 4.69) is 19.9 Å². The van der Waals surface area contributed by atoms with Gasteiger partial charge in [-0.2, -0.15) is 0 Å². The van der Waals surface area contributed by atoms with E-state index >= 15 is 0 Å². The summed E-state index contributed by atoms with van der Waals surface area (Å²) in [7, 11) is 0. The number of aliphatic imine (C=N–C) groups is 1. The van der Waals surface area contributed by atoms with Crippen LogP contribution in [0.3, 0.4) is 0 Å². The fraction of sp³-hybridized carbons (Fsp3) is 0.390. The molecule has 2 fully saturated rings. The average molecular weight is 747 g/mol. The fourth-order valence-electron chi connectivity index (χ4n) is 8.89. The molecule has 1 aromatic carbocycles. The molecule has 5 aliphatic heterocycles. The van der Waals surface area contributed by atoms with Crippen LogP contribution in [-0.2, 0) is 27.2 Å². The normalized spacial score (nSPS) is 26.0. The highest BCUT2D eigenvalue weighted by Crippen LogP contribution is 2.55. The fourth-order valence-corrected chi connectivity index (χ4v) is 8.89. The smallest absolute Gasteiger partial charge is 0.341 e. The minimum atomic E-state index is -1.25. The first kappa shape index (κ1) is 35.0. The lowest BCUT2D eigenvalue weighted by Gasteiger charge is -2.46. The first-order valence-electron chi connectivity index (χ1n) is 18.5. The van der Waals surface area contributed by atoms with Gasteiger partial charge in [-0.1, -0.05) is 0 Å². The molecule has 5 atom stereocenters. The number of allylic oxidation sites excluding steroid dienone is 1. The van der Waals surface area contributed by atoms with Crippen molar-refractivity contribution < 1.29 is 33.6 Å². The summed E-state index contributed by atoms with van der Waals surface area (Å²) in [6.45, 7) is 6.38. The van der Waals surface area contributed by atoms with E-state index < -0.39 is 35.3 Å². The molecule has 55 heavy (non-hydrogen) atoms. The Hall–Kier alpha value is -5.73. The first-order valence-corrected chi connectivity index (χ1v) is 18.5. The number of aliphatic hydroxyl groups excluding tert-OH is 1. The zero-order valence-electron chi connectivity index (χ0n) is 30.7. The number of epoxide rings is 1. The number of anilines is 2. The molecule has 14 nitrogen and oxygen atoms in total. The molecule has 6 N–H and O–H groups in total. The van der Waals surface area contributed by atoms with Crippen molar-refractivity contribution in [2.75, 3.05) is 24.6 Å². The lowest BCUT2D eigenvalue weighted by atomic mass is 9.73. The molecule has 2 saturated heterocycles. The Labute approximate surface area is 316 Å². The largest absolute Gasteiger partial charge is 0.507 e. The molecular formula is C41H42N6O8. The summed E-state index contributed by atoms with van der Waals surface area (Å²) >= 11 is 0. The number of rotatable bonds is 7. The van der Waals surface area contributed by atoms with Crippen LogP contribution in [0.1, 0.15) is 61.6 Å². The number of aliphatic hydroxyl groups is 1. The second-order valence-electron chi connectivity index (χ2n) is 15.8. The summed E-state index contributed by atoms with van der Waals surface area (Å²) in [5.74, 6) is -0.303. The number of aromatic nitrogens is 2. The molecule has 4 aromatic rings. The van der Waals surface area contributed by atoms with Gasteiger partial charge in [0.05, 0.1) is 29.7 Å². The molecule has 0 amide bonds. The van der Waals surface area contributed by atoms with E-state index in [-0.39, 0.29) is 41.1 Å². The quantitative estimate of drug-likeness (QED) is 0.152. The van der Waals surface area contributed by atoms with Gasteiger partial charge in [0.2, 0.25) is 0 Å². The number of carbonyl (C=O) groups excluding carboxylic acids is 1. The third kappa shape index (κ3) is 6.09. The number of aryl methyl sites for hydroxylation is 2. The van der Waals surface area contributed by atoms with Crippen molar-refractivity contribution in [1.82, 2.24) is 14.9 Å². The second-order valence-corrected chi connectivity index (χ2v) is 15.8. The van der Waals surface area contributed by atoms with Crippen LogP contribution in [-0.4, -0.2) is 73.8 Å². The van der Waals surface area contributed by atoms with Gasteiger partial charge in [-0.3, -0.25) is 9.79 Å². The molecule has 0 aliphatic carbocycles. The van der Waals surface area contributed by atoms with E-state index in [4.69, 9.17) is 30.1 Å². The molecule has 0 radical (unpaired) electrons. The van der Waals surface area contributed by atoms with Crippen LogP contribution in [0, 0.1) is 12.8 Å². The molecule has 0 bridgehead atoms. The SMILES string of the molecule is Cc1cc(=O)c2c(O)c3c(cc2o1)OC(C)(C)[C@@H]1OC(=O)[C@@]2(C[C@@H](CO)C[C@H]31)O[C@@H]2CCc1cc(N)nc(-c2cc(N)nc(CN3C=C4N=CC=C4C3)c2)c1. The second kappa shape index (κ2) is 12.7. The summed E-state index contributed by atoms with van der Waals surface area (Å²) in [5.41, 5.74) is 15.7. The first-order chi connectivity index (χ1) is 26.3. The molecule has 1 spiro atoms. The maximum absolute atomic E-state index is 14.1. The van der Waals surface area contributed by atoms with Crippen molar-refractivity contribution in [2.45, 2.75) is 82.3 Å². The van der Waals surface area contributed by atoms with E-state index in [9.17, 15) is 19.8 Å². The summed E-state index contributed by atoms with van der Waals surface area (Å²) in [6.07, 6.45) is 6.12. The van der Waals surface area contributed by atoms with Crippen molar-refractivity contribution in [2.24, 2.45) is 10.9 Å². The summed E-state index contributed by atoms with van der Waals surface area (Å²) in [6, 6.07) is 10.4. The van der Waals surface area contributed by atoms with Gasteiger partial charge < -0.3 is 45.2 Å². The molecule has 3 aromatic heterocycles. The van der Waals surface area contributed by atoms with Crippen LogP contribution in [0.15, 0.2) is 74.1 Å². The third-order valence-electron chi connectivity index (χ3n) is 11.4. The molecule has 14 heteroatoms. The van der Waals surface area contributed by atoms with Gasteiger partial charge in [-0.05, 0) is 88.3 Å².